The molecule has 0 bridgehead atoms. The molecule has 7 nitrogen and oxygen atoms in total. The van der Waals surface area contributed by atoms with Crippen molar-refractivity contribution in [1.29, 1.82) is 0 Å². The average Bonchev–Trinajstić information content (AvgIpc) is 3.11. The molecule has 8 heteroatoms. The fourth-order valence-electron chi connectivity index (χ4n) is 2.72. The molecule has 0 atom stereocenters. The van der Waals surface area contributed by atoms with Crippen molar-refractivity contribution in [2.75, 3.05) is 19.8 Å². The summed E-state index contributed by atoms with van der Waals surface area (Å²) in [5, 5.41) is 8.40. The highest BCUT2D eigenvalue weighted by molar-refractivity contribution is 9.10. The lowest BCUT2D eigenvalue weighted by Gasteiger charge is -2.22. The summed E-state index contributed by atoms with van der Waals surface area (Å²) in [5.74, 6) is 1.21. The summed E-state index contributed by atoms with van der Waals surface area (Å²) in [6.45, 7) is 3.29. The first-order valence-corrected chi connectivity index (χ1v) is 8.32. The van der Waals surface area contributed by atoms with Gasteiger partial charge in [0.05, 0.1) is 21.6 Å². The molecule has 3 heterocycles. The smallest absolute Gasteiger partial charge is 0.285 e. The third-order valence-corrected chi connectivity index (χ3v) is 4.35. The quantitative estimate of drug-likeness (QED) is 0.784. The van der Waals surface area contributed by atoms with Crippen LogP contribution in [0.25, 0.3) is 5.69 Å². The lowest BCUT2D eigenvalue weighted by atomic mass is 10.0. The maximum absolute atomic E-state index is 12.4. The molecule has 1 aromatic heterocycles. The number of hydrogen-bond acceptors (Lipinski definition) is 6. The van der Waals surface area contributed by atoms with Crippen molar-refractivity contribution in [3.63, 3.8) is 0 Å². The molecule has 0 unspecified atom stereocenters. The van der Waals surface area contributed by atoms with Crippen molar-refractivity contribution >= 4 is 21.6 Å². The Morgan fingerprint density at radius 3 is 2.79 bits per heavy atom. The Labute approximate surface area is 146 Å². The first kappa shape index (κ1) is 15.2. The SMILES string of the molecule is Cc1cc(Br)c(=O)n(-c2cc3c(c(C4=NOCC4)c2)OCCO3)n1. The van der Waals surface area contributed by atoms with Gasteiger partial charge in [-0.3, -0.25) is 4.79 Å². The molecule has 0 N–H and O–H groups in total. The van der Waals surface area contributed by atoms with Gasteiger partial charge in [0.25, 0.3) is 5.56 Å². The van der Waals surface area contributed by atoms with Gasteiger partial charge in [-0.2, -0.15) is 9.78 Å². The molecule has 2 aliphatic rings. The Bertz CT molecular complexity index is 907. The molecule has 0 fully saturated rings. The number of halogens is 1. The third kappa shape index (κ3) is 2.56. The molecule has 0 radical (unpaired) electrons. The molecule has 2 aromatic rings. The number of oxime groups is 1. The first-order chi connectivity index (χ1) is 11.6. The summed E-state index contributed by atoms with van der Waals surface area (Å²) in [5.41, 5.74) is 2.62. The van der Waals surface area contributed by atoms with Crippen LogP contribution < -0.4 is 15.0 Å². The van der Waals surface area contributed by atoms with Gasteiger partial charge in [0.2, 0.25) is 0 Å². The van der Waals surface area contributed by atoms with Gasteiger partial charge < -0.3 is 14.3 Å². The second-order valence-electron chi connectivity index (χ2n) is 5.49. The minimum Gasteiger partial charge on any atom is -0.486 e. The van der Waals surface area contributed by atoms with E-state index in [2.05, 4.69) is 26.2 Å². The Kier molecular flexibility index (Phi) is 3.76. The second-order valence-corrected chi connectivity index (χ2v) is 6.34. The van der Waals surface area contributed by atoms with Crippen LogP contribution >= 0.6 is 15.9 Å². The van der Waals surface area contributed by atoms with Crippen molar-refractivity contribution in [1.82, 2.24) is 9.78 Å². The summed E-state index contributed by atoms with van der Waals surface area (Å²) in [6, 6.07) is 5.28. The van der Waals surface area contributed by atoms with E-state index >= 15 is 0 Å². The average molecular weight is 392 g/mol. The standard InChI is InChI=1S/C16H14BrN3O4/c1-9-6-12(17)16(21)20(18-9)10-7-11(13-2-3-24-19-13)15-14(8-10)22-4-5-23-15/h6-8H,2-5H2,1H3. The molecule has 4 rings (SSSR count). The Morgan fingerprint density at radius 1 is 1.17 bits per heavy atom. The van der Waals surface area contributed by atoms with E-state index in [1.807, 2.05) is 13.0 Å². The monoisotopic (exact) mass is 391 g/mol. The number of hydrogen-bond donors (Lipinski definition) is 0. The van der Waals surface area contributed by atoms with Crippen LogP contribution in [0.4, 0.5) is 0 Å². The normalized spacial score (nSPS) is 15.8. The number of benzene rings is 1. The van der Waals surface area contributed by atoms with Crippen molar-refractivity contribution in [3.05, 3.63) is 44.3 Å². The van der Waals surface area contributed by atoms with Gasteiger partial charge in [-0.15, -0.1) is 0 Å². The summed E-state index contributed by atoms with van der Waals surface area (Å²) < 4.78 is 13.3. The highest BCUT2D eigenvalue weighted by Crippen LogP contribution is 2.37. The van der Waals surface area contributed by atoms with Crippen molar-refractivity contribution in [2.24, 2.45) is 5.16 Å². The zero-order valence-electron chi connectivity index (χ0n) is 12.9. The number of ether oxygens (including phenoxy) is 2. The molecular weight excluding hydrogens is 378 g/mol. The van der Waals surface area contributed by atoms with Gasteiger partial charge in [0.1, 0.15) is 19.8 Å². The number of rotatable bonds is 2. The zero-order valence-corrected chi connectivity index (χ0v) is 14.5. The van der Waals surface area contributed by atoms with E-state index in [9.17, 15) is 4.79 Å². The van der Waals surface area contributed by atoms with Crippen molar-refractivity contribution < 1.29 is 14.3 Å². The molecule has 1 aromatic carbocycles. The van der Waals surface area contributed by atoms with Gasteiger partial charge in [-0.25, -0.2) is 0 Å². The molecule has 0 saturated heterocycles. The lowest BCUT2D eigenvalue weighted by Crippen LogP contribution is -2.24. The van der Waals surface area contributed by atoms with Crippen LogP contribution in [0.3, 0.4) is 0 Å². The van der Waals surface area contributed by atoms with Gasteiger partial charge in [-0.1, -0.05) is 5.16 Å². The number of fused-ring (bicyclic) bond motifs is 1. The van der Waals surface area contributed by atoms with Crippen LogP contribution in [0.2, 0.25) is 0 Å². The predicted octanol–water partition coefficient (Wildman–Crippen LogP) is 2.20. The summed E-state index contributed by atoms with van der Waals surface area (Å²) >= 11 is 3.28. The molecule has 124 valence electrons. The van der Waals surface area contributed by atoms with Gasteiger partial charge in [0.15, 0.2) is 11.5 Å². The van der Waals surface area contributed by atoms with Gasteiger partial charge in [-0.05, 0) is 35.0 Å². The maximum Gasteiger partial charge on any atom is 0.285 e. The van der Waals surface area contributed by atoms with E-state index in [1.54, 1.807) is 12.1 Å². The van der Waals surface area contributed by atoms with Crippen LogP contribution in [0, 0.1) is 6.92 Å². The number of aryl methyl sites for hydroxylation is 1. The zero-order chi connectivity index (χ0) is 16.7. The Balaban J connectivity index is 1.94. The van der Waals surface area contributed by atoms with E-state index < -0.39 is 0 Å². The summed E-state index contributed by atoms with van der Waals surface area (Å²) in [4.78, 5) is 17.6. The van der Waals surface area contributed by atoms with E-state index in [1.165, 1.54) is 4.68 Å². The molecule has 24 heavy (non-hydrogen) atoms. The largest absolute Gasteiger partial charge is 0.486 e. The molecule has 0 aliphatic carbocycles. The Morgan fingerprint density at radius 2 is 2.00 bits per heavy atom. The molecule has 2 aliphatic heterocycles. The summed E-state index contributed by atoms with van der Waals surface area (Å²) in [6.07, 6.45) is 0.680. The second kappa shape index (κ2) is 5.94. The molecule has 0 spiro atoms. The van der Waals surface area contributed by atoms with Crippen LogP contribution in [-0.4, -0.2) is 35.3 Å². The van der Waals surface area contributed by atoms with Crippen LogP contribution in [0.15, 0.2) is 32.6 Å². The van der Waals surface area contributed by atoms with E-state index in [0.29, 0.717) is 47.9 Å². The molecular formula is C16H14BrN3O4. The summed E-state index contributed by atoms with van der Waals surface area (Å²) in [7, 11) is 0. The van der Waals surface area contributed by atoms with Crippen LogP contribution in [-0.2, 0) is 4.84 Å². The molecule has 0 amide bonds. The highest BCUT2D eigenvalue weighted by atomic mass is 79.9. The number of nitrogens with zero attached hydrogens (tertiary/aromatic N) is 3. The number of aromatic nitrogens is 2. The third-order valence-electron chi connectivity index (χ3n) is 3.78. The van der Waals surface area contributed by atoms with Crippen LogP contribution in [0.5, 0.6) is 11.5 Å². The van der Waals surface area contributed by atoms with Crippen molar-refractivity contribution in [2.45, 2.75) is 13.3 Å². The van der Waals surface area contributed by atoms with E-state index in [0.717, 1.165) is 17.0 Å². The first-order valence-electron chi connectivity index (χ1n) is 7.53. The fraction of sp³-hybridized carbons (Fsp3) is 0.312. The minimum atomic E-state index is -0.243. The minimum absolute atomic E-state index is 0.243. The van der Waals surface area contributed by atoms with Crippen molar-refractivity contribution in [3.8, 4) is 17.2 Å². The fourth-order valence-corrected chi connectivity index (χ4v) is 3.22. The topological polar surface area (TPSA) is 74.9 Å². The van der Waals surface area contributed by atoms with E-state index in [-0.39, 0.29) is 5.56 Å². The lowest BCUT2D eigenvalue weighted by molar-refractivity contribution is 0.170. The predicted molar refractivity (Wildman–Crippen MR) is 90.4 cm³/mol. The molecule has 0 saturated carbocycles. The Hall–Kier alpha value is -2.35. The highest BCUT2D eigenvalue weighted by Gasteiger charge is 2.24. The van der Waals surface area contributed by atoms with Crippen LogP contribution in [0.1, 0.15) is 17.7 Å². The van der Waals surface area contributed by atoms with Gasteiger partial charge >= 0.3 is 0 Å². The van der Waals surface area contributed by atoms with Gasteiger partial charge in [0, 0.05) is 18.1 Å². The van der Waals surface area contributed by atoms with E-state index in [4.69, 9.17) is 14.3 Å². The maximum atomic E-state index is 12.4.